The van der Waals surface area contributed by atoms with Gasteiger partial charge in [0.2, 0.25) is 5.91 Å². The number of carbonyl (C=O) groups excluding carboxylic acids is 1. The number of rotatable bonds is 4. The SMILES string of the molecule is O=C(CC1CC1)N[C@@H]1CCCc2nc(-c3ccccc3)ncc21. The van der Waals surface area contributed by atoms with E-state index in [9.17, 15) is 4.79 Å². The number of aryl methyl sites for hydroxylation is 1. The molecule has 0 spiro atoms. The number of benzene rings is 1. The van der Waals surface area contributed by atoms with Crippen molar-refractivity contribution in [1.82, 2.24) is 15.3 Å². The van der Waals surface area contributed by atoms with Crippen LogP contribution in [-0.4, -0.2) is 15.9 Å². The fraction of sp³-hybridized carbons (Fsp3) is 0.421. The van der Waals surface area contributed by atoms with Gasteiger partial charge in [0.05, 0.1) is 6.04 Å². The van der Waals surface area contributed by atoms with E-state index >= 15 is 0 Å². The molecule has 1 fully saturated rings. The van der Waals surface area contributed by atoms with E-state index in [1.807, 2.05) is 36.5 Å². The summed E-state index contributed by atoms with van der Waals surface area (Å²) >= 11 is 0. The summed E-state index contributed by atoms with van der Waals surface area (Å²) in [5, 5.41) is 3.19. The largest absolute Gasteiger partial charge is 0.349 e. The van der Waals surface area contributed by atoms with Crippen molar-refractivity contribution in [1.29, 1.82) is 0 Å². The minimum atomic E-state index is 0.0785. The maximum atomic E-state index is 12.1. The molecule has 2 aliphatic carbocycles. The van der Waals surface area contributed by atoms with Gasteiger partial charge in [-0.2, -0.15) is 0 Å². The van der Waals surface area contributed by atoms with E-state index in [1.54, 1.807) is 0 Å². The summed E-state index contributed by atoms with van der Waals surface area (Å²) in [6.45, 7) is 0. The summed E-state index contributed by atoms with van der Waals surface area (Å²) in [6, 6.07) is 10.1. The second-order valence-electron chi connectivity index (χ2n) is 6.62. The Morgan fingerprint density at radius 1 is 1.17 bits per heavy atom. The third-order valence-corrected chi connectivity index (χ3v) is 4.72. The molecular weight excluding hydrogens is 286 g/mol. The van der Waals surface area contributed by atoms with E-state index in [2.05, 4.69) is 10.3 Å². The van der Waals surface area contributed by atoms with E-state index in [-0.39, 0.29) is 11.9 Å². The first-order chi connectivity index (χ1) is 11.3. The highest BCUT2D eigenvalue weighted by Gasteiger charge is 2.28. The lowest BCUT2D eigenvalue weighted by atomic mass is 9.92. The molecule has 1 atom stereocenters. The Morgan fingerprint density at radius 3 is 2.78 bits per heavy atom. The molecular formula is C19H21N3O. The third-order valence-electron chi connectivity index (χ3n) is 4.72. The Balaban J connectivity index is 1.55. The monoisotopic (exact) mass is 307 g/mol. The lowest BCUT2D eigenvalue weighted by molar-refractivity contribution is -0.122. The van der Waals surface area contributed by atoms with Gasteiger partial charge in [-0.15, -0.1) is 0 Å². The molecule has 4 nitrogen and oxygen atoms in total. The van der Waals surface area contributed by atoms with Gasteiger partial charge < -0.3 is 5.32 Å². The van der Waals surface area contributed by atoms with Crippen LogP contribution in [0.1, 0.15) is 49.4 Å². The molecule has 2 aromatic rings. The van der Waals surface area contributed by atoms with Gasteiger partial charge in [-0.05, 0) is 38.0 Å². The molecule has 1 heterocycles. The Hall–Kier alpha value is -2.23. The number of nitrogens with one attached hydrogen (secondary N) is 1. The molecule has 1 saturated carbocycles. The van der Waals surface area contributed by atoms with Gasteiger partial charge in [-0.3, -0.25) is 4.79 Å². The van der Waals surface area contributed by atoms with Crippen LogP contribution >= 0.6 is 0 Å². The molecule has 2 aliphatic rings. The van der Waals surface area contributed by atoms with Gasteiger partial charge in [-0.1, -0.05) is 30.3 Å². The van der Waals surface area contributed by atoms with Crippen LogP contribution in [0, 0.1) is 5.92 Å². The van der Waals surface area contributed by atoms with Crippen LogP contribution < -0.4 is 5.32 Å². The Kier molecular flexibility index (Phi) is 3.82. The molecule has 0 radical (unpaired) electrons. The number of carbonyl (C=O) groups is 1. The number of amides is 1. The molecule has 4 rings (SSSR count). The highest BCUT2D eigenvalue weighted by Crippen LogP contribution is 2.33. The third kappa shape index (κ3) is 3.26. The van der Waals surface area contributed by atoms with Gasteiger partial charge in [0.1, 0.15) is 0 Å². The van der Waals surface area contributed by atoms with Crippen LogP contribution in [0.4, 0.5) is 0 Å². The van der Waals surface area contributed by atoms with Gasteiger partial charge in [0, 0.05) is 29.4 Å². The molecule has 1 N–H and O–H groups in total. The fourth-order valence-corrected chi connectivity index (χ4v) is 3.26. The molecule has 0 aliphatic heterocycles. The maximum absolute atomic E-state index is 12.1. The summed E-state index contributed by atoms with van der Waals surface area (Å²) in [6.07, 6.45) is 8.01. The van der Waals surface area contributed by atoms with Crippen LogP contribution in [0.2, 0.25) is 0 Å². The number of aromatic nitrogens is 2. The molecule has 118 valence electrons. The summed E-state index contributed by atoms with van der Waals surface area (Å²) in [4.78, 5) is 21.4. The minimum absolute atomic E-state index is 0.0785. The molecule has 23 heavy (non-hydrogen) atoms. The van der Waals surface area contributed by atoms with Gasteiger partial charge >= 0.3 is 0 Å². The van der Waals surface area contributed by atoms with Crippen molar-refractivity contribution in [3.05, 3.63) is 47.8 Å². The normalized spacial score (nSPS) is 19.9. The minimum Gasteiger partial charge on any atom is -0.349 e. The van der Waals surface area contributed by atoms with Crippen molar-refractivity contribution in [2.75, 3.05) is 0 Å². The van der Waals surface area contributed by atoms with E-state index in [4.69, 9.17) is 4.98 Å². The first-order valence-corrected chi connectivity index (χ1v) is 8.50. The van der Waals surface area contributed by atoms with Crippen molar-refractivity contribution in [3.63, 3.8) is 0 Å². The highest BCUT2D eigenvalue weighted by atomic mass is 16.1. The van der Waals surface area contributed by atoms with Crippen molar-refractivity contribution < 1.29 is 4.79 Å². The molecule has 0 saturated heterocycles. The van der Waals surface area contributed by atoms with Gasteiger partial charge in [0.25, 0.3) is 0 Å². The molecule has 1 amide bonds. The Morgan fingerprint density at radius 2 is 2.00 bits per heavy atom. The smallest absolute Gasteiger partial charge is 0.220 e. The fourth-order valence-electron chi connectivity index (χ4n) is 3.26. The summed E-state index contributed by atoms with van der Waals surface area (Å²) in [5.41, 5.74) is 3.22. The highest BCUT2D eigenvalue weighted by molar-refractivity contribution is 5.77. The zero-order chi connectivity index (χ0) is 15.6. The van der Waals surface area contributed by atoms with Gasteiger partial charge in [-0.25, -0.2) is 9.97 Å². The van der Waals surface area contributed by atoms with Crippen LogP contribution in [0.25, 0.3) is 11.4 Å². The van der Waals surface area contributed by atoms with E-state index < -0.39 is 0 Å². The Labute approximate surface area is 136 Å². The predicted molar refractivity (Wildman–Crippen MR) is 88.6 cm³/mol. The van der Waals surface area contributed by atoms with E-state index in [0.717, 1.165) is 41.9 Å². The van der Waals surface area contributed by atoms with Crippen molar-refractivity contribution in [2.45, 2.75) is 44.6 Å². The lowest BCUT2D eigenvalue weighted by Crippen LogP contribution is -2.31. The first-order valence-electron chi connectivity index (χ1n) is 8.50. The number of nitrogens with zero attached hydrogens (tertiary/aromatic N) is 2. The maximum Gasteiger partial charge on any atom is 0.220 e. The Bertz CT molecular complexity index is 710. The average molecular weight is 307 g/mol. The van der Waals surface area contributed by atoms with E-state index in [1.165, 1.54) is 12.8 Å². The number of hydrogen-bond donors (Lipinski definition) is 1. The first kappa shape index (κ1) is 14.4. The molecule has 0 bridgehead atoms. The molecule has 1 aromatic heterocycles. The standard InChI is InChI=1S/C19H21N3O/c23-18(11-13-9-10-13)21-16-7-4-8-17-15(16)12-20-19(22-17)14-5-2-1-3-6-14/h1-3,5-6,12-13,16H,4,7-11H2,(H,21,23)/t16-/m1/s1. The summed E-state index contributed by atoms with van der Waals surface area (Å²) in [5.74, 6) is 1.57. The average Bonchev–Trinajstić information content (AvgIpc) is 3.39. The van der Waals surface area contributed by atoms with E-state index in [0.29, 0.717) is 12.3 Å². The second-order valence-corrected chi connectivity index (χ2v) is 6.62. The molecule has 4 heteroatoms. The summed E-state index contributed by atoms with van der Waals surface area (Å²) in [7, 11) is 0. The predicted octanol–water partition coefficient (Wildman–Crippen LogP) is 3.44. The zero-order valence-electron chi connectivity index (χ0n) is 13.2. The second kappa shape index (κ2) is 6.11. The topological polar surface area (TPSA) is 54.9 Å². The van der Waals surface area contributed by atoms with Crippen LogP contribution in [0.5, 0.6) is 0 Å². The van der Waals surface area contributed by atoms with Crippen LogP contribution in [0.3, 0.4) is 0 Å². The molecule has 1 aromatic carbocycles. The quantitative estimate of drug-likeness (QED) is 0.941. The van der Waals surface area contributed by atoms with Crippen LogP contribution in [0.15, 0.2) is 36.5 Å². The number of hydrogen-bond acceptors (Lipinski definition) is 3. The zero-order valence-corrected chi connectivity index (χ0v) is 13.2. The van der Waals surface area contributed by atoms with Crippen molar-refractivity contribution >= 4 is 5.91 Å². The van der Waals surface area contributed by atoms with Crippen LogP contribution in [-0.2, 0) is 11.2 Å². The number of fused-ring (bicyclic) bond motifs is 1. The molecule has 0 unspecified atom stereocenters. The van der Waals surface area contributed by atoms with Crippen molar-refractivity contribution in [3.8, 4) is 11.4 Å². The van der Waals surface area contributed by atoms with Gasteiger partial charge in [0.15, 0.2) is 5.82 Å². The van der Waals surface area contributed by atoms with Crippen molar-refractivity contribution in [2.24, 2.45) is 5.92 Å². The summed E-state index contributed by atoms with van der Waals surface area (Å²) < 4.78 is 0. The lowest BCUT2D eigenvalue weighted by Gasteiger charge is -2.25.